The van der Waals surface area contributed by atoms with E-state index in [0.717, 1.165) is 10.0 Å². The third kappa shape index (κ3) is 7.90. The maximum atomic E-state index is 13.2. The number of methoxy groups -OCH3 is 1. The Bertz CT molecular complexity index is 855. The van der Waals surface area contributed by atoms with Crippen LogP contribution in [-0.4, -0.2) is 43.0 Å². The molecule has 0 radical (unpaired) electrons. The Morgan fingerprint density at radius 2 is 1.81 bits per heavy atom. The number of amides is 2. The van der Waals surface area contributed by atoms with Crippen LogP contribution in [0.4, 0.5) is 0 Å². The molecular weight excluding hydrogens is 460 g/mol. The Morgan fingerprint density at radius 1 is 1.10 bits per heavy atom. The minimum absolute atomic E-state index is 0.153. The fourth-order valence-electron chi connectivity index (χ4n) is 3.07. The van der Waals surface area contributed by atoms with E-state index in [1.807, 2.05) is 57.2 Å². The molecule has 0 aliphatic heterocycles. The molecule has 0 aliphatic rings. The third-order valence-electron chi connectivity index (χ3n) is 4.73. The van der Waals surface area contributed by atoms with E-state index in [9.17, 15) is 9.59 Å². The van der Waals surface area contributed by atoms with E-state index in [0.29, 0.717) is 30.4 Å². The van der Waals surface area contributed by atoms with Gasteiger partial charge in [0.1, 0.15) is 17.5 Å². The molecule has 0 aliphatic carbocycles. The van der Waals surface area contributed by atoms with Gasteiger partial charge in [0.25, 0.3) is 5.91 Å². The lowest BCUT2D eigenvalue weighted by Crippen LogP contribution is -2.50. The van der Waals surface area contributed by atoms with Crippen LogP contribution in [0.1, 0.15) is 32.8 Å². The van der Waals surface area contributed by atoms with Crippen LogP contribution in [0.15, 0.2) is 53.0 Å². The lowest BCUT2D eigenvalue weighted by Gasteiger charge is -2.31. The first kappa shape index (κ1) is 24.7. The minimum Gasteiger partial charge on any atom is -0.497 e. The van der Waals surface area contributed by atoms with Gasteiger partial charge in [-0.15, -0.1) is 0 Å². The predicted octanol–water partition coefficient (Wildman–Crippen LogP) is 4.42. The second kappa shape index (κ2) is 12.3. The van der Waals surface area contributed by atoms with Crippen LogP contribution >= 0.6 is 15.9 Å². The summed E-state index contributed by atoms with van der Waals surface area (Å²) in [5.41, 5.74) is 0.881. The van der Waals surface area contributed by atoms with Crippen LogP contribution in [0.3, 0.4) is 0 Å². The molecule has 2 rings (SSSR count). The van der Waals surface area contributed by atoms with Gasteiger partial charge in [0.2, 0.25) is 5.91 Å². The molecule has 0 fully saturated rings. The Balaban J connectivity index is 2.20. The van der Waals surface area contributed by atoms with Crippen molar-refractivity contribution >= 4 is 27.7 Å². The largest absolute Gasteiger partial charge is 0.497 e. The Hall–Kier alpha value is -2.54. The number of carbonyl (C=O) groups is 2. The van der Waals surface area contributed by atoms with Gasteiger partial charge in [-0.25, -0.2) is 0 Å². The minimum atomic E-state index is -0.592. The number of halogens is 1. The van der Waals surface area contributed by atoms with Gasteiger partial charge in [0.05, 0.1) is 7.11 Å². The lowest BCUT2D eigenvalue weighted by atomic mass is 10.1. The van der Waals surface area contributed by atoms with Crippen LogP contribution in [0.2, 0.25) is 0 Å². The van der Waals surface area contributed by atoms with Crippen molar-refractivity contribution in [3.05, 3.63) is 58.6 Å². The normalized spacial score (nSPS) is 11.7. The van der Waals surface area contributed by atoms with Crippen LogP contribution < -0.4 is 14.8 Å². The monoisotopic (exact) mass is 490 g/mol. The molecule has 2 aromatic rings. The number of ether oxygens (including phenoxy) is 2. The van der Waals surface area contributed by atoms with E-state index in [4.69, 9.17) is 9.47 Å². The summed E-state index contributed by atoms with van der Waals surface area (Å²) >= 11 is 3.38. The quantitative estimate of drug-likeness (QED) is 0.506. The molecule has 7 heteroatoms. The molecule has 2 aromatic carbocycles. The summed E-state index contributed by atoms with van der Waals surface area (Å²) in [7, 11) is 1.60. The first-order valence-electron chi connectivity index (χ1n) is 10.4. The SMILES string of the molecule is CC[C@H](C(=O)NCC(C)C)N(Cc1cccc(OC)c1)C(=O)COc1ccc(Br)cc1. The number of carbonyl (C=O) groups excluding carboxylic acids is 2. The van der Waals surface area contributed by atoms with Crippen molar-refractivity contribution in [1.82, 2.24) is 10.2 Å². The molecule has 2 amide bonds. The Morgan fingerprint density at radius 3 is 2.42 bits per heavy atom. The third-order valence-corrected chi connectivity index (χ3v) is 5.26. The van der Waals surface area contributed by atoms with E-state index >= 15 is 0 Å². The number of nitrogens with one attached hydrogen (secondary N) is 1. The standard InChI is InChI=1S/C24H31BrN2O4/c1-5-22(24(29)26-14-17(2)3)27(15-18-7-6-8-21(13-18)30-4)23(28)16-31-20-11-9-19(25)10-12-20/h6-13,17,22H,5,14-16H2,1-4H3,(H,26,29)/t22-/m1/s1. The Labute approximate surface area is 193 Å². The summed E-state index contributed by atoms with van der Waals surface area (Å²) in [6.07, 6.45) is 0.498. The van der Waals surface area contributed by atoms with Gasteiger partial charge in [-0.1, -0.05) is 48.8 Å². The lowest BCUT2D eigenvalue weighted by molar-refractivity contribution is -0.143. The number of hydrogen-bond acceptors (Lipinski definition) is 4. The molecule has 168 valence electrons. The fraction of sp³-hybridized carbons (Fsp3) is 0.417. The smallest absolute Gasteiger partial charge is 0.261 e. The molecule has 0 spiro atoms. The van der Waals surface area contributed by atoms with Gasteiger partial charge >= 0.3 is 0 Å². The second-order valence-corrected chi connectivity index (χ2v) is 8.59. The zero-order valence-corrected chi connectivity index (χ0v) is 20.1. The highest BCUT2D eigenvalue weighted by Gasteiger charge is 2.29. The molecule has 0 saturated carbocycles. The van der Waals surface area contributed by atoms with Crippen molar-refractivity contribution in [1.29, 1.82) is 0 Å². The van der Waals surface area contributed by atoms with Gasteiger partial charge in [0, 0.05) is 17.6 Å². The molecule has 0 heterocycles. The van der Waals surface area contributed by atoms with Crippen LogP contribution in [-0.2, 0) is 16.1 Å². The average Bonchev–Trinajstić information content (AvgIpc) is 2.77. The number of rotatable bonds is 11. The maximum absolute atomic E-state index is 13.2. The summed E-state index contributed by atoms with van der Waals surface area (Å²) in [4.78, 5) is 27.6. The maximum Gasteiger partial charge on any atom is 0.261 e. The fourth-order valence-corrected chi connectivity index (χ4v) is 3.33. The van der Waals surface area contributed by atoms with E-state index in [2.05, 4.69) is 21.2 Å². The number of benzene rings is 2. The summed E-state index contributed by atoms with van der Waals surface area (Å²) in [5, 5.41) is 2.95. The van der Waals surface area contributed by atoms with Crippen LogP contribution in [0.25, 0.3) is 0 Å². The van der Waals surface area contributed by atoms with E-state index < -0.39 is 6.04 Å². The second-order valence-electron chi connectivity index (χ2n) is 7.68. The molecular formula is C24H31BrN2O4. The van der Waals surface area contributed by atoms with Crippen molar-refractivity contribution in [3.8, 4) is 11.5 Å². The van der Waals surface area contributed by atoms with Crippen molar-refractivity contribution in [3.63, 3.8) is 0 Å². The summed E-state index contributed by atoms with van der Waals surface area (Å²) in [6.45, 7) is 6.67. The zero-order chi connectivity index (χ0) is 22.8. The van der Waals surface area contributed by atoms with Gasteiger partial charge in [0.15, 0.2) is 6.61 Å². The molecule has 0 unspecified atom stereocenters. The van der Waals surface area contributed by atoms with Crippen molar-refractivity contribution in [2.75, 3.05) is 20.3 Å². The Kier molecular flexibility index (Phi) is 9.85. The van der Waals surface area contributed by atoms with Gasteiger partial charge in [-0.3, -0.25) is 9.59 Å². The average molecular weight is 491 g/mol. The van der Waals surface area contributed by atoms with E-state index in [1.54, 1.807) is 24.1 Å². The summed E-state index contributed by atoms with van der Waals surface area (Å²) in [6, 6.07) is 14.2. The van der Waals surface area contributed by atoms with Crippen molar-refractivity contribution in [2.45, 2.75) is 39.8 Å². The predicted molar refractivity (Wildman–Crippen MR) is 125 cm³/mol. The number of nitrogens with zero attached hydrogens (tertiary/aromatic N) is 1. The first-order chi connectivity index (χ1) is 14.8. The molecule has 0 aromatic heterocycles. The summed E-state index contributed by atoms with van der Waals surface area (Å²) < 4.78 is 11.9. The van der Waals surface area contributed by atoms with Crippen LogP contribution in [0.5, 0.6) is 11.5 Å². The molecule has 1 N–H and O–H groups in total. The zero-order valence-electron chi connectivity index (χ0n) is 18.6. The molecule has 1 atom stereocenters. The van der Waals surface area contributed by atoms with Gasteiger partial charge in [-0.05, 0) is 54.3 Å². The first-order valence-corrected chi connectivity index (χ1v) is 11.2. The molecule has 6 nitrogen and oxygen atoms in total. The number of hydrogen-bond donors (Lipinski definition) is 1. The molecule has 31 heavy (non-hydrogen) atoms. The molecule has 0 saturated heterocycles. The van der Waals surface area contributed by atoms with Crippen LogP contribution in [0, 0.1) is 5.92 Å². The topological polar surface area (TPSA) is 67.9 Å². The van der Waals surface area contributed by atoms with Crippen molar-refractivity contribution in [2.24, 2.45) is 5.92 Å². The highest BCUT2D eigenvalue weighted by atomic mass is 79.9. The van der Waals surface area contributed by atoms with E-state index in [1.165, 1.54) is 0 Å². The van der Waals surface area contributed by atoms with Crippen molar-refractivity contribution < 1.29 is 19.1 Å². The molecule has 0 bridgehead atoms. The van der Waals surface area contributed by atoms with Gasteiger partial charge in [-0.2, -0.15) is 0 Å². The van der Waals surface area contributed by atoms with E-state index in [-0.39, 0.29) is 25.0 Å². The highest BCUT2D eigenvalue weighted by molar-refractivity contribution is 9.10. The van der Waals surface area contributed by atoms with Gasteiger partial charge < -0.3 is 19.7 Å². The highest BCUT2D eigenvalue weighted by Crippen LogP contribution is 2.19. The summed E-state index contributed by atoms with van der Waals surface area (Å²) in [5.74, 6) is 1.21.